The Labute approximate surface area is 819 Å². The van der Waals surface area contributed by atoms with Crippen molar-refractivity contribution in [2.75, 3.05) is 55.6 Å². The minimum absolute atomic E-state index is 0.00798. The molecule has 10 aromatic carbocycles. The number of carbonyl (C=O) groups is 6. The van der Waals surface area contributed by atoms with Crippen LogP contribution < -0.4 is 49.0 Å². The third-order valence-corrected chi connectivity index (χ3v) is 25.7. The second-order valence-corrected chi connectivity index (χ2v) is 36.4. The second kappa shape index (κ2) is 39.6. The number of hydrogen-bond acceptors (Lipinski definition) is 13. The van der Waals surface area contributed by atoms with Crippen LogP contribution in [0.25, 0.3) is 24.2 Å². The summed E-state index contributed by atoms with van der Waals surface area (Å²) < 4.78 is 107. The normalized spacial score (nSPS) is 15.8. The van der Waals surface area contributed by atoms with Crippen LogP contribution in [0.1, 0.15) is 131 Å². The first-order valence-corrected chi connectivity index (χ1v) is 44.0. The fraction of sp³-hybridized carbons (Fsp3) is 0.238. The molecule has 10 aromatic rings. The van der Waals surface area contributed by atoms with Crippen LogP contribution in [-0.4, -0.2) is 95.4 Å². The van der Waals surface area contributed by atoms with E-state index in [1.165, 1.54) is 115 Å². The predicted molar refractivity (Wildman–Crippen MR) is 537 cm³/mol. The highest BCUT2D eigenvalue weighted by Crippen LogP contribution is 2.48. The zero-order valence-electron chi connectivity index (χ0n) is 77.0. The summed E-state index contributed by atoms with van der Waals surface area (Å²) in [5.74, 6) is -6.74. The molecule has 0 saturated carbocycles. The largest absolute Gasteiger partial charge is 0.462 e. The van der Waals surface area contributed by atoms with Gasteiger partial charge in [-0.15, -0.1) is 0 Å². The Morgan fingerprint density at radius 2 is 0.591 bits per heavy atom. The fourth-order valence-electron chi connectivity index (χ4n) is 15.6. The van der Waals surface area contributed by atoms with Gasteiger partial charge in [-0.25, -0.2) is 59.8 Å². The van der Waals surface area contributed by atoms with Crippen LogP contribution in [0.4, 0.5) is 116 Å². The lowest BCUT2D eigenvalue weighted by molar-refractivity contribution is -0.121. The van der Waals surface area contributed by atoms with E-state index >= 15 is 0 Å². The van der Waals surface area contributed by atoms with Gasteiger partial charge < -0.3 is 29.2 Å². The van der Waals surface area contributed by atoms with Gasteiger partial charge in [0.15, 0.2) is 54.1 Å². The molecule has 0 unspecified atom stereocenters. The number of carbonyl (C=O) groups excluding carboxylic acids is 6. The lowest BCUT2D eigenvalue weighted by Gasteiger charge is -2.29. The molecule has 5 aliphatic rings. The molecule has 0 aromatic heterocycles. The Hall–Kier alpha value is -14.8. The molecule has 5 amide bonds. The van der Waals surface area contributed by atoms with E-state index in [2.05, 4.69) is 24.2 Å². The third-order valence-electron chi connectivity index (χ3n) is 23.5. The van der Waals surface area contributed by atoms with E-state index in [4.69, 9.17) is 116 Å². The number of amides is 5. The molecule has 0 radical (unpaired) electrons. The predicted octanol–water partition coefficient (Wildman–Crippen LogP) is 24.6. The summed E-state index contributed by atoms with van der Waals surface area (Å²) in [6, 6.07) is 46.1. The van der Waals surface area contributed by atoms with Crippen LogP contribution in [0.3, 0.4) is 0 Å². The molecular formula is C101H84ClF7N16O7S5. The van der Waals surface area contributed by atoms with Gasteiger partial charge in [0.2, 0.25) is 5.69 Å². The SMILES string of the molecule is [C-]#[N+]c1ccc(N2C(=O)C(C)(C)N(c3ccc(C#N)cc3)C2=S)c(F)c1C.[C-]#[N+]c1ccc(N2C(=O)C(C)(C)N(c3ccc(C(=O)OCC)cc3)C2=S)c(F)c1C.[C-]#[N+]c1ccc(N2C(=O)C(C)(C)N(c3ccc(C)c(F)c3)C2=S)c(F)c1C.[C-]#[N+]c1ccc(N2C(=O)C(C)(C)N(c3ccc(C)c(F)c3)C2=S)c(F)c1C.[C-]#[N+]c1ccc(N2C(=O)C(C)(C)N(c3ccc(C)cc3)C2=S)c(F)c1Cl. The maximum atomic E-state index is 15.0. The summed E-state index contributed by atoms with van der Waals surface area (Å²) in [6.45, 7) is 65.5. The maximum Gasteiger partial charge on any atom is 0.338 e. The van der Waals surface area contributed by atoms with Crippen LogP contribution in [0.15, 0.2) is 170 Å². The second-order valence-electron chi connectivity index (χ2n) is 34.2. The average Bonchev–Trinajstić information content (AvgIpc) is 1.76. The molecular weight excluding hydrogens is 1880 g/mol. The molecule has 15 rings (SSSR count). The molecule has 0 atom stereocenters. The zero-order chi connectivity index (χ0) is 102. The van der Waals surface area contributed by atoms with Gasteiger partial charge in [-0.3, -0.25) is 48.5 Å². The first-order chi connectivity index (χ1) is 64.3. The standard InChI is InChI=1S/C22H20FN3O3S.2C20H17F2N3OS.C20H15FN4OS.C19H15ClFN3OS/c1-6-29-19(27)14-7-9-15(10-8-14)26-21(30)25(20(28)22(26,3)4)17-12-11-16(24-5)13(2)18(17)23;2*1-11-6-7-13(10-14(11)21)25-19(27)24(18(26)20(25,3)4)16-9-8-15(23-5)12(2)17(16)22;1-12-15(23-4)9-10-16(17(12)21)24-18(26)20(2,3)25(19(24)27)14-7-5-13(11-22)6-8-14;1-11-5-7-12(8-6-11)24-18(26)23(17(25)19(24,2)3)14-10-9-13(22-4)15(20)16(14)21/h7-12H,6H2,1-4H3;2*6-10H,1-4H3;5-10H,1-3H3;5-10H,1-3H3. The van der Waals surface area contributed by atoms with Crippen molar-refractivity contribution in [3.05, 3.63) is 323 Å². The topological polar surface area (TPSA) is 190 Å². The zero-order valence-corrected chi connectivity index (χ0v) is 81.8. The Morgan fingerprint density at radius 3 is 0.839 bits per heavy atom. The Kier molecular flexibility index (Phi) is 29.7. The smallest absolute Gasteiger partial charge is 0.338 e. The molecule has 0 N–H and O–H groups in total. The van der Waals surface area contributed by atoms with Crippen LogP contribution in [0.5, 0.6) is 0 Å². The number of anilines is 10. The van der Waals surface area contributed by atoms with Gasteiger partial charge in [-0.05, 0) is 334 Å². The van der Waals surface area contributed by atoms with E-state index in [-0.39, 0.29) is 128 Å². The van der Waals surface area contributed by atoms with Crippen molar-refractivity contribution < 1.29 is 64.2 Å². The minimum Gasteiger partial charge on any atom is -0.462 e. The number of nitrogens with zero attached hydrogens (tertiary/aromatic N) is 16. The summed E-state index contributed by atoms with van der Waals surface area (Å²) in [6.07, 6.45) is 0. The van der Waals surface area contributed by atoms with Gasteiger partial charge in [0.25, 0.3) is 29.5 Å². The molecule has 0 aliphatic carbocycles. The summed E-state index contributed by atoms with van der Waals surface area (Å²) in [7, 11) is 0. The Balaban J connectivity index is 0.000000164. The average molecular weight is 1960 g/mol. The van der Waals surface area contributed by atoms with Gasteiger partial charge in [0, 0.05) is 28.4 Å². The highest BCUT2D eigenvalue weighted by atomic mass is 35.5. The van der Waals surface area contributed by atoms with Gasteiger partial charge in [0.1, 0.15) is 62.6 Å². The summed E-state index contributed by atoms with van der Waals surface area (Å²) in [4.78, 5) is 107. The van der Waals surface area contributed by atoms with Crippen LogP contribution >= 0.6 is 72.7 Å². The lowest BCUT2D eigenvalue weighted by Crippen LogP contribution is -2.44. The summed E-state index contributed by atoms with van der Waals surface area (Å²) >= 11 is 33.5. The minimum atomic E-state index is -1.13. The first kappa shape index (κ1) is 103. The van der Waals surface area contributed by atoms with E-state index in [0.29, 0.717) is 45.0 Å². The molecule has 5 aliphatic heterocycles. The first-order valence-electron chi connectivity index (χ1n) is 41.6. The van der Waals surface area contributed by atoms with E-state index in [1.54, 1.807) is 178 Å². The van der Waals surface area contributed by atoms with Crippen molar-refractivity contribution in [1.82, 2.24) is 0 Å². The molecule has 5 heterocycles. The number of nitriles is 1. The van der Waals surface area contributed by atoms with Crippen molar-refractivity contribution >= 4 is 219 Å². The number of halogens is 8. The van der Waals surface area contributed by atoms with E-state index < -0.39 is 92.1 Å². The number of esters is 1. The monoisotopic (exact) mass is 1960 g/mol. The molecule has 23 nitrogen and oxygen atoms in total. The fourth-order valence-corrected chi connectivity index (χ4v) is 18.4. The van der Waals surface area contributed by atoms with Gasteiger partial charge >= 0.3 is 5.97 Å². The molecule has 5 fully saturated rings. The summed E-state index contributed by atoms with van der Waals surface area (Å²) in [5.41, 5.74) is 1.59. The Bertz CT molecular complexity index is 6930. The number of hydrogen-bond donors (Lipinski definition) is 0. The van der Waals surface area contributed by atoms with Crippen LogP contribution in [0.2, 0.25) is 5.02 Å². The van der Waals surface area contributed by atoms with Crippen molar-refractivity contribution in [2.45, 2.75) is 152 Å². The molecule has 5 saturated heterocycles. The maximum absolute atomic E-state index is 15.0. The quantitative estimate of drug-likeness (QED) is 0.0485. The van der Waals surface area contributed by atoms with Crippen molar-refractivity contribution in [1.29, 1.82) is 5.26 Å². The number of benzene rings is 10. The van der Waals surface area contributed by atoms with E-state index in [1.807, 2.05) is 37.3 Å². The van der Waals surface area contributed by atoms with Gasteiger partial charge in [-0.2, -0.15) is 5.26 Å². The van der Waals surface area contributed by atoms with Crippen molar-refractivity contribution in [2.24, 2.45) is 0 Å². The molecule has 137 heavy (non-hydrogen) atoms. The van der Waals surface area contributed by atoms with Gasteiger partial charge in [0.05, 0.1) is 90.1 Å². The van der Waals surface area contributed by atoms with Crippen LogP contribution in [0, 0.1) is 133 Å². The third kappa shape index (κ3) is 18.5. The molecule has 696 valence electrons. The molecule has 0 bridgehead atoms. The Morgan fingerprint density at radius 1 is 0.358 bits per heavy atom. The van der Waals surface area contributed by atoms with E-state index in [0.717, 1.165) is 30.9 Å². The van der Waals surface area contributed by atoms with Gasteiger partial charge in [-0.1, -0.05) is 71.8 Å². The highest BCUT2D eigenvalue weighted by Gasteiger charge is 2.56. The van der Waals surface area contributed by atoms with Crippen LogP contribution in [-0.2, 0) is 28.7 Å². The van der Waals surface area contributed by atoms with Crippen molar-refractivity contribution in [3.63, 3.8) is 0 Å². The number of ether oxygens (including phenoxy) is 1. The number of aryl methyl sites for hydroxylation is 3. The number of rotatable bonds is 12. The van der Waals surface area contributed by atoms with Crippen molar-refractivity contribution in [3.8, 4) is 6.07 Å². The number of thiocarbonyl (C=S) groups is 5. The molecule has 36 heteroatoms. The van der Waals surface area contributed by atoms with E-state index in [9.17, 15) is 59.5 Å². The highest BCUT2D eigenvalue weighted by molar-refractivity contribution is 7.82. The lowest BCUT2D eigenvalue weighted by atomic mass is 10.0. The summed E-state index contributed by atoms with van der Waals surface area (Å²) in [5, 5.41) is 9.18. The molecule has 0 spiro atoms.